The topological polar surface area (TPSA) is 316 Å². The maximum Gasteiger partial charge on any atom is 0.336 e. The van der Waals surface area contributed by atoms with Crippen LogP contribution in [0.1, 0.15) is 156 Å². The number of nitrogens with one attached hydrogen (secondary N) is 4. The number of nitrogens with zero attached hydrogens (tertiary/aromatic N) is 7. The number of amides is 11. The summed E-state index contributed by atoms with van der Waals surface area (Å²) < 4.78 is 0. The van der Waals surface area contributed by atoms with Gasteiger partial charge in [-0.15, -0.1) is 0 Å². The zero-order valence-electron chi connectivity index (χ0n) is 57.3. The SMILES string of the molecule is C/C=C/C[C@@H](C)[C@@H](O)[C@H]1C(=O)N[C@@H](CC)C(=O)N(C)C(C(=O)O)C(=O)N(C)[C@@H](C(C)CC)C(=O)N[C@@H](C(C)C)C(=O)N(C)[C@@H](CC(C)C)C(=O)N[C@@H](C)C(=O)N[C@H](C)C(=O)N(C)[C@@H](CC(C)C)C(=O)N(C)[C@@H](CC(C)C)C(=O)N(C)[C@@H](C(C)C)C(=O)N1C. The first-order chi connectivity index (χ1) is 40.6. The third-order valence-electron chi connectivity index (χ3n) is 16.9. The van der Waals surface area contributed by atoms with E-state index in [1.807, 2.05) is 41.5 Å². The molecule has 0 aromatic rings. The van der Waals surface area contributed by atoms with Crippen LogP contribution in [0.2, 0.25) is 0 Å². The van der Waals surface area contributed by atoms with Crippen LogP contribution in [0.15, 0.2) is 12.2 Å². The third kappa shape index (κ3) is 20.7. The van der Waals surface area contributed by atoms with Gasteiger partial charge in [0.25, 0.3) is 5.91 Å². The molecule has 0 aromatic heterocycles. The van der Waals surface area contributed by atoms with Gasteiger partial charge in [-0.1, -0.05) is 116 Å². The molecule has 1 aliphatic rings. The summed E-state index contributed by atoms with van der Waals surface area (Å²) in [4.78, 5) is 182. The van der Waals surface area contributed by atoms with Gasteiger partial charge in [-0.05, 0) is 94.3 Å². The van der Waals surface area contributed by atoms with E-state index in [9.17, 15) is 58.2 Å². The molecule has 1 saturated heterocycles. The van der Waals surface area contributed by atoms with Crippen molar-refractivity contribution in [2.24, 2.45) is 41.4 Å². The average Bonchev–Trinajstić information content (AvgIpc) is 3.12. The van der Waals surface area contributed by atoms with E-state index in [4.69, 9.17) is 0 Å². The fraction of sp³-hybridized carbons (Fsp3) is 0.778. The Kier molecular flexibility index (Phi) is 32.0. The lowest BCUT2D eigenvalue weighted by molar-refractivity contribution is -0.161. The van der Waals surface area contributed by atoms with E-state index >= 15 is 9.59 Å². The summed E-state index contributed by atoms with van der Waals surface area (Å²) in [5.41, 5.74) is 0. The van der Waals surface area contributed by atoms with Crippen molar-refractivity contribution in [2.45, 2.75) is 229 Å². The summed E-state index contributed by atoms with van der Waals surface area (Å²) >= 11 is 0. The summed E-state index contributed by atoms with van der Waals surface area (Å²) in [5, 5.41) is 33.6. The number of aliphatic hydroxyl groups is 1. The summed E-state index contributed by atoms with van der Waals surface area (Å²) in [7, 11) is 9.15. The van der Waals surface area contributed by atoms with E-state index in [2.05, 4.69) is 21.3 Å². The number of hydrogen-bond acceptors (Lipinski definition) is 13. The van der Waals surface area contributed by atoms with Gasteiger partial charge in [0, 0.05) is 49.3 Å². The molecule has 502 valence electrons. The first-order valence-electron chi connectivity index (χ1n) is 31.2. The van der Waals surface area contributed by atoms with Gasteiger partial charge in [0.15, 0.2) is 0 Å². The largest absolute Gasteiger partial charge is 0.479 e. The van der Waals surface area contributed by atoms with Crippen molar-refractivity contribution in [3.8, 4) is 0 Å². The quantitative estimate of drug-likeness (QED) is 0.0957. The lowest BCUT2D eigenvalue weighted by Gasteiger charge is -2.41. The van der Waals surface area contributed by atoms with Gasteiger partial charge in [0.1, 0.15) is 60.4 Å². The summed E-state index contributed by atoms with van der Waals surface area (Å²) in [6.45, 7) is 28.9. The molecule has 0 spiro atoms. The van der Waals surface area contributed by atoms with Gasteiger partial charge in [0.2, 0.25) is 65.1 Å². The minimum atomic E-state index is -2.28. The van der Waals surface area contributed by atoms with Crippen molar-refractivity contribution in [3.05, 3.63) is 12.2 Å². The van der Waals surface area contributed by atoms with Gasteiger partial charge in [-0.3, -0.25) is 52.7 Å². The number of aliphatic hydroxyl groups excluding tert-OH is 1. The molecular weight excluding hydrogens is 1130 g/mol. The highest BCUT2D eigenvalue weighted by Gasteiger charge is 2.47. The number of allylic oxidation sites excluding steroid dienone is 2. The molecular formula is C63H111N11O14. The summed E-state index contributed by atoms with van der Waals surface area (Å²) in [6.07, 6.45) is 2.56. The second kappa shape index (κ2) is 35.5. The van der Waals surface area contributed by atoms with E-state index < -0.39 is 167 Å². The Hall–Kier alpha value is -6.66. The molecule has 25 heteroatoms. The highest BCUT2D eigenvalue weighted by atomic mass is 16.4. The van der Waals surface area contributed by atoms with E-state index in [1.165, 1.54) is 82.7 Å². The molecule has 0 aliphatic carbocycles. The number of carbonyl (C=O) groups excluding carboxylic acids is 11. The van der Waals surface area contributed by atoms with Crippen molar-refractivity contribution in [1.29, 1.82) is 0 Å². The molecule has 1 fully saturated rings. The Bertz CT molecular complexity index is 2470. The number of rotatable bonds is 16. The van der Waals surface area contributed by atoms with E-state index in [0.717, 1.165) is 16.8 Å². The second-order valence-corrected chi connectivity index (χ2v) is 26.2. The molecule has 0 radical (unpaired) electrons. The van der Waals surface area contributed by atoms with Crippen molar-refractivity contribution in [2.75, 3.05) is 49.3 Å². The van der Waals surface area contributed by atoms with Crippen LogP contribution < -0.4 is 21.3 Å². The molecule has 6 N–H and O–H groups in total. The number of carbonyl (C=O) groups is 12. The van der Waals surface area contributed by atoms with E-state index in [-0.39, 0.29) is 56.3 Å². The Morgan fingerprint density at radius 3 is 1.35 bits per heavy atom. The van der Waals surface area contributed by atoms with Crippen LogP contribution in [-0.2, 0) is 57.5 Å². The third-order valence-corrected chi connectivity index (χ3v) is 16.9. The molecule has 1 rings (SSSR count). The first-order valence-corrected chi connectivity index (χ1v) is 31.2. The molecule has 1 heterocycles. The molecule has 25 nitrogen and oxygen atoms in total. The van der Waals surface area contributed by atoms with Gasteiger partial charge >= 0.3 is 5.97 Å². The molecule has 11 amide bonds. The standard InChI is InChI=1S/C63H111N11O14/c1-25-28-29-39(15)51(75)49-55(79)66-42(27-3)57(81)74(24)50(63(87)88)62(86)72(22)48(38(14)26-2)54(78)67-46(36(10)11)60(84)68(18)43(30-33(4)5)53(77)64-40(16)52(76)65-41(17)56(80)69(19)44(31-34(6)7)58(82)70(20)45(32-35(8)9)59(83)71(21)47(37(12)13)61(85)73(49)23/h25,28,33-51,75H,26-27,29-32H2,1-24H3,(H,64,77)(H,65,76)(H,66,79)(H,67,78)(H,87,88)/b28-25+/t38?,39-,40+,41-,42+,43+,44+,45+,46+,47+,48+,49+,50?,51-/m1/s1. The van der Waals surface area contributed by atoms with Crippen molar-refractivity contribution in [3.63, 3.8) is 0 Å². The molecule has 0 aromatic carbocycles. The monoisotopic (exact) mass is 1250 g/mol. The van der Waals surface area contributed by atoms with Crippen LogP contribution in [0.25, 0.3) is 0 Å². The molecule has 1 aliphatic heterocycles. The minimum absolute atomic E-state index is 0.102. The molecule has 0 saturated carbocycles. The van der Waals surface area contributed by atoms with E-state index in [0.29, 0.717) is 4.90 Å². The van der Waals surface area contributed by atoms with Gasteiger partial charge in [-0.2, -0.15) is 0 Å². The Morgan fingerprint density at radius 2 is 0.909 bits per heavy atom. The normalized spacial score (nSPS) is 27.5. The second-order valence-electron chi connectivity index (χ2n) is 26.2. The van der Waals surface area contributed by atoms with Gasteiger partial charge in [-0.25, -0.2) is 4.79 Å². The highest BCUT2D eigenvalue weighted by molar-refractivity contribution is 6.06. The zero-order valence-corrected chi connectivity index (χ0v) is 57.3. The van der Waals surface area contributed by atoms with Crippen LogP contribution in [0.4, 0.5) is 0 Å². The lowest BCUT2D eigenvalue weighted by atomic mass is 9.91. The number of carboxylic acid groups (broad SMARTS) is 1. The van der Waals surface area contributed by atoms with Crippen LogP contribution in [0.5, 0.6) is 0 Å². The molecule has 2 unspecified atom stereocenters. The maximum absolute atomic E-state index is 15.2. The Balaban J connectivity index is 4.47. The summed E-state index contributed by atoms with van der Waals surface area (Å²) in [5.74, 6) is -14.0. The smallest absolute Gasteiger partial charge is 0.336 e. The lowest BCUT2D eigenvalue weighted by Crippen LogP contribution is -2.64. The van der Waals surface area contributed by atoms with Gasteiger partial charge in [0.05, 0.1) is 6.10 Å². The first kappa shape index (κ1) is 79.4. The van der Waals surface area contributed by atoms with Crippen LogP contribution in [0, 0.1) is 41.4 Å². The van der Waals surface area contributed by atoms with Crippen LogP contribution in [-0.4, -0.2) is 237 Å². The predicted molar refractivity (Wildman–Crippen MR) is 335 cm³/mol. The number of hydrogen-bond donors (Lipinski definition) is 6. The fourth-order valence-electron chi connectivity index (χ4n) is 11.1. The average molecular weight is 1250 g/mol. The van der Waals surface area contributed by atoms with Gasteiger partial charge < -0.3 is 65.8 Å². The maximum atomic E-state index is 15.2. The Labute approximate surface area is 524 Å². The fourth-order valence-corrected chi connectivity index (χ4v) is 11.1. The van der Waals surface area contributed by atoms with Crippen molar-refractivity contribution >= 4 is 70.9 Å². The predicted octanol–water partition coefficient (Wildman–Crippen LogP) is 2.72. The number of aliphatic carboxylic acids is 1. The zero-order chi connectivity index (χ0) is 68.4. The Morgan fingerprint density at radius 1 is 0.477 bits per heavy atom. The highest BCUT2D eigenvalue weighted by Crippen LogP contribution is 2.26. The number of likely N-dealkylation sites (N-methyl/N-ethyl adjacent to an activating group) is 7. The van der Waals surface area contributed by atoms with Crippen LogP contribution in [0.3, 0.4) is 0 Å². The minimum Gasteiger partial charge on any atom is -0.479 e. The summed E-state index contributed by atoms with van der Waals surface area (Å²) in [6, 6.07) is -15.8. The molecule has 14 atom stereocenters. The number of carboxylic acids is 1. The molecule has 88 heavy (non-hydrogen) atoms. The van der Waals surface area contributed by atoms with Crippen LogP contribution >= 0.6 is 0 Å². The van der Waals surface area contributed by atoms with Crippen molar-refractivity contribution < 1.29 is 67.7 Å². The van der Waals surface area contributed by atoms with E-state index in [1.54, 1.807) is 67.5 Å². The van der Waals surface area contributed by atoms with Crippen molar-refractivity contribution in [1.82, 2.24) is 55.6 Å². The molecule has 0 bridgehead atoms.